The molecule has 0 radical (unpaired) electrons. The molecule has 2 atom stereocenters. The van der Waals surface area contributed by atoms with Crippen LogP contribution in [0, 0.1) is 0 Å². The maximum Gasteiger partial charge on any atom is 0.253 e. The minimum absolute atomic E-state index is 0.155. The number of nitrogens with one attached hydrogen (secondary N) is 1. The molecule has 0 bridgehead atoms. The molecule has 0 aliphatic carbocycles. The third-order valence-electron chi connectivity index (χ3n) is 3.82. The van der Waals surface area contributed by atoms with E-state index >= 15 is 0 Å². The van der Waals surface area contributed by atoms with Crippen molar-refractivity contribution in [3.63, 3.8) is 0 Å². The molecule has 1 aliphatic heterocycles. The summed E-state index contributed by atoms with van der Waals surface area (Å²) < 4.78 is 10.7. The van der Waals surface area contributed by atoms with Crippen molar-refractivity contribution in [3.8, 4) is 0 Å². The van der Waals surface area contributed by atoms with E-state index in [1.165, 1.54) is 12.2 Å². The van der Waals surface area contributed by atoms with E-state index in [1.54, 1.807) is 0 Å². The zero-order valence-corrected chi connectivity index (χ0v) is 15.1. The molecule has 9 heteroatoms. The summed E-state index contributed by atoms with van der Waals surface area (Å²) in [6.07, 6.45) is 3.23. The number of amides is 3. The second-order valence-electron chi connectivity index (χ2n) is 5.80. The highest BCUT2D eigenvalue weighted by Crippen LogP contribution is 2.07. The molecule has 148 valence electrons. The van der Waals surface area contributed by atoms with Gasteiger partial charge in [0.2, 0.25) is 5.91 Å². The number of carbonyl (C=O) groups is 3. The van der Waals surface area contributed by atoms with Gasteiger partial charge in [-0.2, -0.15) is 0 Å². The molecule has 1 heterocycles. The standard InChI is InChI=1S/C17H28N2O7/c1-2-13(11-20)26-17(12-21)25-10-8-18-14(22)5-3-4-9-19-15(23)6-7-16(19)24/h6-7,13,17,20-21H,2-5,8-12H2,1H3,(H,18,22). The van der Waals surface area contributed by atoms with Crippen molar-refractivity contribution in [1.29, 1.82) is 0 Å². The lowest BCUT2D eigenvalue weighted by Crippen LogP contribution is -2.33. The van der Waals surface area contributed by atoms with E-state index in [0.29, 0.717) is 25.8 Å². The van der Waals surface area contributed by atoms with E-state index in [0.717, 1.165) is 4.90 Å². The average molecular weight is 372 g/mol. The first-order valence-corrected chi connectivity index (χ1v) is 8.80. The zero-order valence-electron chi connectivity index (χ0n) is 15.1. The van der Waals surface area contributed by atoms with E-state index in [1.807, 2.05) is 6.92 Å². The van der Waals surface area contributed by atoms with Crippen LogP contribution >= 0.6 is 0 Å². The van der Waals surface area contributed by atoms with Crippen LogP contribution in [0.3, 0.4) is 0 Å². The van der Waals surface area contributed by atoms with Gasteiger partial charge in [0, 0.05) is 31.7 Å². The van der Waals surface area contributed by atoms with Gasteiger partial charge in [0.05, 0.1) is 25.9 Å². The van der Waals surface area contributed by atoms with E-state index in [2.05, 4.69) is 5.32 Å². The number of carbonyl (C=O) groups excluding carboxylic acids is 3. The summed E-state index contributed by atoms with van der Waals surface area (Å²) in [7, 11) is 0. The van der Waals surface area contributed by atoms with Gasteiger partial charge in [-0.25, -0.2) is 0 Å². The van der Waals surface area contributed by atoms with Gasteiger partial charge < -0.3 is 25.0 Å². The van der Waals surface area contributed by atoms with Gasteiger partial charge in [-0.1, -0.05) is 6.92 Å². The fourth-order valence-electron chi connectivity index (χ4n) is 2.29. The van der Waals surface area contributed by atoms with Crippen LogP contribution in [0.5, 0.6) is 0 Å². The smallest absolute Gasteiger partial charge is 0.253 e. The van der Waals surface area contributed by atoms with Gasteiger partial charge >= 0.3 is 0 Å². The lowest BCUT2D eigenvalue weighted by molar-refractivity contribution is -0.194. The molecule has 3 N–H and O–H groups in total. The molecule has 0 aromatic heterocycles. The molecule has 26 heavy (non-hydrogen) atoms. The molecular weight excluding hydrogens is 344 g/mol. The number of ether oxygens (including phenoxy) is 2. The van der Waals surface area contributed by atoms with Crippen LogP contribution in [0.2, 0.25) is 0 Å². The topological polar surface area (TPSA) is 125 Å². The number of aliphatic hydroxyl groups excluding tert-OH is 2. The number of aliphatic hydroxyl groups is 2. The van der Waals surface area contributed by atoms with Crippen LogP contribution in [0.1, 0.15) is 32.6 Å². The SMILES string of the molecule is CCC(CO)OC(CO)OCCNC(=O)CCCCN1C(=O)C=CC1=O. The lowest BCUT2D eigenvalue weighted by Gasteiger charge is -2.21. The van der Waals surface area contributed by atoms with Crippen LogP contribution in [0.15, 0.2) is 12.2 Å². The van der Waals surface area contributed by atoms with Crippen molar-refractivity contribution in [3.05, 3.63) is 12.2 Å². The number of unbranched alkanes of at least 4 members (excludes halogenated alkanes) is 1. The van der Waals surface area contributed by atoms with Crippen LogP contribution < -0.4 is 5.32 Å². The molecule has 0 aromatic rings. The van der Waals surface area contributed by atoms with Gasteiger partial charge in [0.15, 0.2) is 6.29 Å². The Morgan fingerprint density at radius 1 is 1.19 bits per heavy atom. The Balaban J connectivity index is 2.07. The summed E-state index contributed by atoms with van der Waals surface area (Å²) in [6, 6.07) is 0. The normalized spacial score (nSPS) is 16.2. The van der Waals surface area contributed by atoms with Gasteiger partial charge in [-0.3, -0.25) is 19.3 Å². The summed E-state index contributed by atoms with van der Waals surface area (Å²) >= 11 is 0. The second-order valence-corrected chi connectivity index (χ2v) is 5.80. The molecule has 3 amide bonds. The number of nitrogens with zero attached hydrogens (tertiary/aromatic N) is 1. The Hall–Kier alpha value is -1.81. The zero-order chi connectivity index (χ0) is 19.4. The summed E-state index contributed by atoms with van der Waals surface area (Å²) in [5, 5.41) is 20.9. The van der Waals surface area contributed by atoms with Crippen LogP contribution in [-0.4, -0.2) is 78.1 Å². The molecule has 0 fully saturated rings. The fraction of sp³-hybridized carbons (Fsp3) is 0.706. The Kier molecular flexibility index (Phi) is 10.7. The Labute approximate surface area is 152 Å². The van der Waals surface area contributed by atoms with E-state index < -0.39 is 12.4 Å². The molecule has 1 aliphatic rings. The van der Waals surface area contributed by atoms with Crippen molar-refractivity contribution >= 4 is 17.7 Å². The van der Waals surface area contributed by atoms with E-state index in [-0.39, 0.29) is 50.5 Å². The van der Waals surface area contributed by atoms with Crippen molar-refractivity contribution in [2.24, 2.45) is 0 Å². The second kappa shape index (κ2) is 12.5. The summed E-state index contributed by atoms with van der Waals surface area (Å²) in [6.45, 7) is 2.09. The van der Waals surface area contributed by atoms with Gasteiger partial charge in [0.25, 0.3) is 11.8 Å². The first kappa shape index (κ1) is 22.2. The number of hydrogen-bond donors (Lipinski definition) is 3. The number of hydrogen-bond acceptors (Lipinski definition) is 7. The average Bonchev–Trinajstić information content (AvgIpc) is 2.96. The van der Waals surface area contributed by atoms with Crippen molar-refractivity contribution in [1.82, 2.24) is 10.2 Å². The first-order valence-electron chi connectivity index (χ1n) is 8.80. The van der Waals surface area contributed by atoms with Gasteiger partial charge in [-0.15, -0.1) is 0 Å². The van der Waals surface area contributed by atoms with Crippen molar-refractivity contribution in [2.75, 3.05) is 32.9 Å². The summed E-state index contributed by atoms with van der Waals surface area (Å²) in [4.78, 5) is 35.6. The van der Waals surface area contributed by atoms with E-state index in [4.69, 9.17) is 19.7 Å². The minimum atomic E-state index is -0.840. The Bertz CT molecular complexity index is 474. The molecule has 9 nitrogen and oxygen atoms in total. The van der Waals surface area contributed by atoms with Crippen LogP contribution in [0.4, 0.5) is 0 Å². The van der Waals surface area contributed by atoms with E-state index in [9.17, 15) is 14.4 Å². The minimum Gasteiger partial charge on any atom is -0.394 e. The fourth-order valence-corrected chi connectivity index (χ4v) is 2.29. The molecule has 0 spiro atoms. The molecule has 1 rings (SSSR count). The van der Waals surface area contributed by atoms with Crippen molar-refractivity contribution in [2.45, 2.75) is 45.0 Å². The quantitative estimate of drug-likeness (QED) is 0.210. The molecule has 0 saturated carbocycles. The highest BCUT2D eigenvalue weighted by molar-refractivity contribution is 6.12. The Morgan fingerprint density at radius 2 is 1.88 bits per heavy atom. The maximum atomic E-state index is 11.7. The Morgan fingerprint density at radius 3 is 2.46 bits per heavy atom. The van der Waals surface area contributed by atoms with Crippen LogP contribution in [-0.2, 0) is 23.9 Å². The highest BCUT2D eigenvalue weighted by Gasteiger charge is 2.22. The van der Waals surface area contributed by atoms with Crippen molar-refractivity contribution < 1.29 is 34.1 Å². The van der Waals surface area contributed by atoms with Crippen LogP contribution in [0.25, 0.3) is 0 Å². The summed E-state index contributed by atoms with van der Waals surface area (Å²) in [5.74, 6) is -0.790. The first-order chi connectivity index (χ1) is 12.5. The molecule has 2 unspecified atom stereocenters. The predicted octanol–water partition coefficient (Wildman–Crippen LogP) is -0.680. The largest absolute Gasteiger partial charge is 0.394 e. The molecular formula is C17H28N2O7. The third-order valence-corrected chi connectivity index (χ3v) is 3.82. The molecule has 0 saturated heterocycles. The monoisotopic (exact) mass is 372 g/mol. The summed E-state index contributed by atoms with van der Waals surface area (Å²) in [5.41, 5.74) is 0. The number of imide groups is 1. The molecule has 0 aromatic carbocycles. The maximum absolute atomic E-state index is 11.7. The highest BCUT2D eigenvalue weighted by atomic mass is 16.7. The number of rotatable bonds is 14. The van der Waals surface area contributed by atoms with Gasteiger partial charge in [0.1, 0.15) is 0 Å². The van der Waals surface area contributed by atoms with Gasteiger partial charge in [-0.05, 0) is 19.3 Å². The third kappa shape index (κ3) is 8.05. The predicted molar refractivity (Wildman–Crippen MR) is 91.8 cm³/mol. The lowest BCUT2D eigenvalue weighted by atomic mass is 10.2.